The maximum atomic E-state index is 13.9. The summed E-state index contributed by atoms with van der Waals surface area (Å²) in [6, 6.07) is 11.9. The second-order valence-corrected chi connectivity index (χ2v) is 10.3. The molecule has 2 aromatic heterocycles. The number of carboxylic acids is 1. The summed E-state index contributed by atoms with van der Waals surface area (Å²) in [5.41, 5.74) is 9.49. The molecule has 0 aliphatic heterocycles. The maximum absolute atomic E-state index is 13.9. The standard InChI is InChI=1S/C28H29FN6O2/c1-16-21(15-34(33-16)28(4,5)26(36)37)24-20-13-22(32)17(14-31)12-23(20)35(19-8-6-18(29)7-9-19)25(24)27(2,3)10-11-30/h6-9,12-15,31H,10,32H2,1-5H3,(H,36,37). The van der Waals surface area contributed by atoms with Gasteiger partial charge in [-0.15, -0.1) is 0 Å². The topological polar surface area (TPSA) is 134 Å². The van der Waals surface area contributed by atoms with Gasteiger partial charge in [-0.2, -0.15) is 10.4 Å². The van der Waals surface area contributed by atoms with E-state index in [1.54, 1.807) is 51.2 Å². The third kappa shape index (κ3) is 4.14. The van der Waals surface area contributed by atoms with Crippen LogP contribution in [0.3, 0.4) is 0 Å². The molecule has 0 saturated heterocycles. The van der Waals surface area contributed by atoms with Crippen LogP contribution in [0.15, 0.2) is 42.6 Å². The van der Waals surface area contributed by atoms with E-state index in [0.29, 0.717) is 28.2 Å². The highest BCUT2D eigenvalue weighted by Gasteiger charge is 2.35. The molecule has 2 heterocycles. The first-order chi connectivity index (χ1) is 17.3. The number of aryl methyl sites for hydroxylation is 1. The zero-order valence-electron chi connectivity index (χ0n) is 21.4. The van der Waals surface area contributed by atoms with Gasteiger partial charge in [-0.1, -0.05) is 13.8 Å². The van der Waals surface area contributed by atoms with Crippen molar-refractivity contribution >= 4 is 28.8 Å². The number of nitrogen functional groups attached to an aromatic ring is 1. The SMILES string of the molecule is Cc1nn(C(C)(C)C(=O)O)cc1-c1c(C(C)(C)CC#N)n(-c2ccc(F)cc2)c2cc(C=N)c(N)cc12. The average molecular weight is 501 g/mol. The number of anilines is 1. The predicted molar refractivity (Wildman–Crippen MR) is 142 cm³/mol. The molecule has 4 rings (SSSR count). The molecule has 0 amide bonds. The molecule has 9 heteroatoms. The summed E-state index contributed by atoms with van der Waals surface area (Å²) < 4.78 is 17.3. The van der Waals surface area contributed by atoms with E-state index in [1.807, 2.05) is 18.4 Å². The van der Waals surface area contributed by atoms with Gasteiger partial charge in [-0.3, -0.25) is 4.68 Å². The van der Waals surface area contributed by atoms with Crippen LogP contribution in [-0.4, -0.2) is 31.6 Å². The number of hydrogen-bond donors (Lipinski definition) is 3. The number of hydrogen-bond acceptors (Lipinski definition) is 5. The van der Waals surface area contributed by atoms with Gasteiger partial charge in [0.05, 0.1) is 17.3 Å². The first kappa shape index (κ1) is 25.6. The number of nitrogens with zero attached hydrogens (tertiary/aromatic N) is 4. The minimum atomic E-state index is -1.30. The average Bonchev–Trinajstić information content (AvgIpc) is 3.37. The molecule has 0 unspecified atom stereocenters. The Bertz CT molecular complexity index is 1590. The highest BCUT2D eigenvalue weighted by atomic mass is 19.1. The number of carboxylic acid groups (broad SMARTS) is 1. The lowest BCUT2D eigenvalue weighted by atomic mass is 9.82. The van der Waals surface area contributed by atoms with Crippen molar-refractivity contribution in [3.05, 3.63) is 65.4 Å². The molecule has 0 spiro atoms. The van der Waals surface area contributed by atoms with Crippen molar-refractivity contribution < 1.29 is 14.3 Å². The minimum Gasteiger partial charge on any atom is -0.479 e. The Hall–Kier alpha value is -4.45. The van der Waals surface area contributed by atoms with Crippen molar-refractivity contribution in [3.8, 4) is 22.9 Å². The summed E-state index contributed by atoms with van der Waals surface area (Å²) in [5.74, 6) is -1.41. The van der Waals surface area contributed by atoms with Gasteiger partial charge in [-0.25, -0.2) is 9.18 Å². The Kier molecular flexibility index (Phi) is 6.16. The lowest BCUT2D eigenvalue weighted by Gasteiger charge is -2.26. The van der Waals surface area contributed by atoms with Gasteiger partial charge in [-0.05, 0) is 57.2 Å². The van der Waals surface area contributed by atoms with Crippen LogP contribution in [-0.2, 0) is 15.7 Å². The lowest BCUT2D eigenvalue weighted by molar-refractivity contribution is -0.146. The van der Waals surface area contributed by atoms with E-state index < -0.39 is 16.9 Å². The Labute approximate surface area is 214 Å². The van der Waals surface area contributed by atoms with E-state index >= 15 is 0 Å². The van der Waals surface area contributed by atoms with Crippen molar-refractivity contribution in [2.45, 2.75) is 52.0 Å². The fourth-order valence-electron chi connectivity index (χ4n) is 4.63. The number of rotatable bonds is 7. The van der Waals surface area contributed by atoms with Crippen LogP contribution in [0.4, 0.5) is 10.1 Å². The zero-order valence-corrected chi connectivity index (χ0v) is 21.4. The van der Waals surface area contributed by atoms with Crippen molar-refractivity contribution in [2.24, 2.45) is 0 Å². The van der Waals surface area contributed by atoms with E-state index in [1.165, 1.54) is 23.0 Å². The number of aromatic nitrogens is 3. The molecule has 37 heavy (non-hydrogen) atoms. The van der Waals surface area contributed by atoms with Crippen molar-refractivity contribution in [1.82, 2.24) is 14.3 Å². The molecule has 2 aromatic carbocycles. The molecular weight excluding hydrogens is 471 g/mol. The van der Waals surface area contributed by atoms with Crippen LogP contribution in [0.1, 0.15) is 51.1 Å². The first-order valence-corrected chi connectivity index (χ1v) is 11.8. The smallest absolute Gasteiger partial charge is 0.331 e. The van der Waals surface area contributed by atoms with E-state index in [4.69, 9.17) is 11.1 Å². The Morgan fingerprint density at radius 1 is 1.24 bits per heavy atom. The minimum absolute atomic E-state index is 0.179. The number of nitrogens with two attached hydrogens (primary N) is 1. The summed E-state index contributed by atoms with van der Waals surface area (Å²) in [4.78, 5) is 12.0. The molecule has 0 saturated carbocycles. The number of carbonyl (C=O) groups is 1. The van der Waals surface area contributed by atoms with Gasteiger partial charge in [0.25, 0.3) is 0 Å². The van der Waals surface area contributed by atoms with Gasteiger partial charge in [0.1, 0.15) is 5.82 Å². The molecule has 0 radical (unpaired) electrons. The summed E-state index contributed by atoms with van der Waals surface area (Å²) in [6.07, 6.45) is 3.06. The third-order valence-electron chi connectivity index (χ3n) is 6.84. The second-order valence-electron chi connectivity index (χ2n) is 10.3. The van der Waals surface area contributed by atoms with Crippen LogP contribution in [0.25, 0.3) is 27.7 Å². The van der Waals surface area contributed by atoms with E-state index in [0.717, 1.165) is 22.2 Å². The Morgan fingerprint density at radius 2 is 1.89 bits per heavy atom. The summed E-state index contributed by atoms with van der Waals surface area (Å²) in [5, 5.41) is 32.7. The monoisotopic (exact) mass is 500 g/mol. The number of nitriles is 1. The summed E-state index contributed by atoms with van der Waals surface area (Å²) >= 11 is 0. The summed E-state index contributed by atoms with van der Waals surface area (Å²) in [7, 11) is 0. The van der Waals surface area contributed by atoms with Crippen LogP contribution in [0.5, 0.6) is 0 Å². The molecular formula is C28H29FN6O2. The summed E-state index contributed by atoms with van der Waals surface area (Å²) in [6.45, 7) is 8.86. The maximum Gasteiger partial charge on any atom is 0.331 e. The van der Waals surface area contributed by atoms with Crippen LogP contribution in [0.2, 0.25) is 0 Å². The Morgan fingerprint density at radius 3 is 2.46 bits per heavy atom. The number of nitrogens with one attached hydrogen (secondary N) is 1. The number of aliphatic carboxylic acids is 1. The molecule has 190 valence electrons. The number of fused-ring (bicyclic) bond motifs is 1. The number of benzene rings is 2. The molecule has 4 N–H and O–H groups in total. The highest BCUT2D eigenvalue weighted by molar-refractivity contribution is 6.05. The fourth-order valence-corrected chi connectivity index (χ4v) is 4.63. The van der Waals surface area contributed by atoms with Crippen LogP contribution >= 0.6 is 0 Å². The normalized spacial score (nSPS) is 12.0. The second kappa shape index (κ2) is 8.89. The molecule has 8 nitrogen and oxygen atoms in total. The van der Waals surface area contributed by atoms with Gasteiger partial charge < -0.3 is 20.8 Å². The lowest BCUT2D eigenvalue weighted by Crippen LogP contribution is -2.36. The molecule has 0 aliphatic carbocycles. The molecule has 0 bridgehead atoms. The molecule has 4 aromatic rings. The van der Waals surface area contributed by atoms with Gasteiger partial charge in [0.15, 0.2) is 5.54 Å². The van der Waals surface area contributed by atoms with Gasteiger partial charge in [0.2, 0.25) is 0 Å². The third-order valence-corrected chi connectivity index (χ3v) is 6.84. The van der Waals surface area contributed by atoms with Crippen LogP contribution < -0.4 is 5.73 Å². The quantitative estimate of drug-likeness (QED) is 0.226. The van der Waals surface area contributed by atoms with E-state index in [2.05, 4.69) is 11.2 Å². The molecule has 0 fully saturated rings. The largest absolute Gasteiger partial charge is 0.479 e. The highest BCUT2D eigenvalue weighted by Crippen LogP contribution is 2.46. The van der Waals surface area contributed by atoms with Crippen LogP contribution in [0, 0.1) is 29.5 Å². The van der Waals surface area contributed by atoms with Crippen molar-refractivity contribution in [2.75, 3.05) is 5.73 Å². The Balaban J connectivity index is 2.22. The van der Waals surface area contributed by atoms with E-state index in [9.17, 15) is 19.6 Å². The zero-order chi connectivity index (χ0) is 27.3. The van der Waals surface area contributed by atoms with Gasteiger partial charge in [0, 0.05) is 63.4 Å². The van der Waals surface area contributed by atoms with Crippen molar-refractivity contribution in [1.29, 1.82) is 10.7 Å². The van der Waals surface area contributed by atoms with Crippen molar-refractivity contribution in [3.63, 3.8) is 0 Å². The number of halogens is 1. The molecule has 0 atom stereocenters. The van der Waals surface area contributed by atoms with Gasteiger partial charge >= 0.3 is 5.97 Å². The fraction of sp³-hybridized carbons (Fsp3) is 0.286. The van der Waals surface area contributed by atoms with E-state index in [-0.39, 0.29) is 12.2 Å². The molecule has 0 aliphatic rings. The predicted octanol–water partition coefficient (Wildman–Crippen LogP) is 5.53. The first-order valence-electron chi connectivity index (χ1n) is 11.8.